The van der Waals surface area contributed by atoms with E-state index in [9.17, 15) is 4.79 Å². The molecule has 0 unspecified atom stereocenters. The van der Waals surface area contributed by atoms with Crippen LogP contribution in [0.4, 0.5) is 0 Å². The summed E-state index contributed by atoms with van der Waals surface area (Å²) in [6.45, 7) is 4.18. The molecule has 3 rings (SSSR count). The van der Waals surface area contributed by atoms with Gasteiger partial charge in [-0.25, -0.2) is 4.79 Å². The smallest absolute Gasteiger partial charge is 0.368 e. The number of benzene rings is 2. The van der Waals surface area contributed by atoms with Crippen molar-refractivity contribution in [3.8, 4) is 11.4 Å². The average molecular weight is 424 g/mol. The first-order chi connectivity index (χ1) is 11.9. The van der Waals surface area contributed by atoms with Gasteiger partial charge in [0.2, 0.25) is 0 Å². The zero-order valence-corrected chi connectivity index (χ0v) is 16.3. The van der Waals surface area contributed by atoms with Gasteiger partial charge < -0.3 is 4.74 Å². The van der Waals surface area contributed by atoms with Crippen LogP contribution in [0, 0.1) is 13.8 Å². The van der Waals surface area contributed by atoms with E-state index in [1.54, 1.807) is 13.1 Å². The highest BCUT2D eigenvalue weighted by Gasteiger charge is 2.14. The summed E-state index contributed by atoms with van der Waals surface area (Å²) in [5.74, 6) is 0.586. The van der Waals surface area contributed by atoms with E-state index >= 15 is 0 Å². The molecule has 0 N–H and O–H groups in total. The van der Waals surface area contributed by atoms with E-state index in [4.69, 9.17) is 16.3 Å². The molecular weight excluding hydrogens is 408 g/mol. The van der Waals surface area contributed by atoms with Crippen molar-refractivity contribution in [1.29, 1.82) is 0 Å². The highest BCUT2D eigenvalue weighted by Crippen LogP contribution is 2.32. The summed E-state index contributed by atoms with van der Waals surface area (Å²) in [6.07, 6.45) is 0. The molecule has 0 radical (unpaired) electrons. The van der Waals surface area contributed by atoms with Gasteiger partial charge in [0, 0.05) is 17.1 Å². The topological polar surface area (TPSA) is 61.9 Å². The van der Waals surface area contributed by atoms with Gasteiger partial charge in [-0.05, 0) is 53.6 Å². The fraction of sp³-hybridized carbons (Fsp3) is 0.235. The Hall–Kier alpha value is -2.12. The summed E-state index contributed by atoms with van der Waals surface area (Å²) < 4.78 is 9.30. The van der Waals surface area contributed by atoms with E-state index < -0.39 is 0 Å². The van der Waals surface area contributed by atoms with Crippen molar-refractivity contribution in [2.75, 3.05) is 0 Å². The lowest BCUT2D eigenvalue weighted by Gasteiger charge is -2.14. The molecule has 0 aliphatic heterocycles. The van der Waals surface area contributed by atoms with Crippen LogP contribution in [0.15, 0.2) is 39.6 Å². The number of nitrogens with zero attached hydrogens (tertiary/aromatic N) is 4. The van der Waals surface area contributed by atoms with Gasteiger partial charge in [-0.15, -0.1) is 0 Å². The maximum absolute atomic E-state index is 12.2. The summed E-state index contributed by atoms with van der Waals surface area (Å²) in [6, 6.07) is 9.32. The molecule has 25 heavy (non-hydrogen) atoms. The monoisotopic (exact) mass is 422 g/mol. The average Bonchev–Trinajstić information content (AvgIpc) is 2.90. The molecule has 0 spiro atoms. The first-order valence-corrected chi connectivity index (χ1v) is 8.72. The molecule has 130 valence electrons. The van der Waals surface area contributed by atoms with Crippen LogP contribution in [0.3, 0.4) is 0 Å². The predicted molar refractivity (Wildman–Crippen MR) is 99.6 cm³/mol. The van der Waals surface area contributed by atoms with Crippen molar-refractivity contribution in [3.05, 3.63) is 67.0 Å². The van der Waals surface area contributed by atoms with Crippen molar-refractivity contribution < 1.29 is 4.74 Å². The molecule has 1 heterocycles. The summed E-state index contributed by atoms with van der Waals surface area (Å²) in [4.78, 5) is 12.2. The normalized spacial score (nSPS) is 10.9. The van der Waals surface area contributed by atoms with E-state index in [1.807, 2.05) is 38.1 Å². The fourth-order valence-corrected chi connectivity index (χ4v) is 3.12. The number of tetrazole rings is 1. The first-order valence-electron chi connectivity index (χ1n) is 7.55. The lowest BCUT2D eigenvalue weighted by molar-refractivity contribution is 0.304. The Bertz CT molecular complexity index is 997. The van der Waals surface area contributed by atoms with Crippen LogP contribution in [0.2, 0.25) is 5.02 Å². The number of aryl methyl sites for hydroxylation is 3. The largest absolute Gasteiger partial charge is 0.487 e. The Morgan fingerprint density at radius 2 is 1.96 bits per heavy atom. The van der Waals surface area contributed by atoms with Crippen molar-refractivity contribution in [2.24, 2.45) is 7.05 Å². The molecule has 1 aromatic heterocycles. The standard InChI is InChI=1S/C17H16BrClN4O2/c1-10-5-4-6-15(23-17(24)22(3)20-21-23)12(10)9-25-16-7-11(2)13(18)8-14(16)19/h4-8H,9H2,1-3H3. The van der Waals surface area contributed by atoms with Gasteiger partial charge in [0.15, 0.2) is 0 Å². The zero-order valence-electron chi connectivity index (χ0n) is 14.0. The molecule has 0 aliphatic rings. The second-order valence-corrected chi connectivity index (χ2v) is 6.95. The third kappa shape index (κ3) is 3.48. The SMILES string of the molecule is Cc1cc(OCc2c(C)cccc2-n2nnn(C)c2=O)c(Cl)cc1Br. The molecule has 0 fully saturated rings. The number of aromatic nitrogens is 4. The summed E-state index contributed by atoms with van der Waals surface area (Å²) >= 11 is 9.70. The minimum absolute atomic E-state index is 0.256. The van der Waals surface area contributed by atoms with Gasteiger partial charge >= 0.3 is 5.69 Å². The molecule has 0 amide bonds. The third-order valence-electron chi connectivity index (χ3n) is 3.92. The van der Waals surface area contributed by atoms with Gasteiger partial charge in [0.25, 0.3) is 0 Å². The molecule has 8 heteroatoms. The molecule has 2 aromatic carbocycles. The maximum atomic E-state index is 12.2. The van der Waals surface area contributed by atoms with Crippen LogP contribution >= 0.6 is 27.5 Å². The molecular formula is C17H16BrClN4O2. The van der Waals surface area contributed by atoms with Crippen LogP contribution < -0.4 is 10.4 Å². The highest BCUT2D eigenvalue weighted by molar-refractivity contribution is 9.10. The van der Waals surface area contributed by atoms with Gasteiger partial charge in [0.05, 0.1) is 10.7 Å². The van der Waals surface area contributed by atoms with E-state index in [2.05, 4.69) is 26.4 Å². The van der Waals surface area contributed by atoms with Crippen molar-refractivity contribution in [1.82, 2.24) is 19.8 Å². The lowest BCUT2D eigenvalue weighted by atomic mass is 10.1. The second-order valence-electron chi connectivity index (χ2n) is 5.69. The van der Waals surface area contributed by atoms with Crippen molar-refractivity contribution in [2.45, 2.75) is 20.5 Å². The minimum Gasteiger partial charge on any atom is -0.487 e. The van der Waals surface area contributed by atoms with Crippen LogP contribution in [0.1, 0.15) is 16.7 Å². The molecule has 3 aromatic rings. The Kier molecular flexibility index (Phi) is 4.96. The van der Waals surface area contributed by atoms with Crippen LogP contribution in [-0.2, 0) is 13.7 Å². The number of ether oxygens (including phenoxy) is 1. The quantitative estimate of drug-likeness (QED) is 0.643. The number of hydrogen-bond donors (Lipinski definition) is 0. The Morgan fingerprint density at radius 1 is 1.20 bits per heavy atom. The van der Waals surface area contributed by atoms with Crippen molar-refractivity contribution >= 4 is 27.5 Å². The van der Waals surface area contributed by atoms with E-state index in [1.165, 1.54) is 9.36 Å². The van der Waals surface area contributed by atoms with Crippen LogP contribution in [-0.4, -0.2) is 19.8 Å². The summed E-state index contributed by atoms with van der Waals surface area (Å²) in [5.41, 5.74) is 3.18. The van der Waals surface area contributed by atoms with Crippen molar-refractivity contribution in [3.63, 3.8) is 0 Å². The first kappa shape index (κ1) is 17.7. The molecule has 0 saturated carbocycles. The summed E-state index contributed by atoms with van der Waals surface area (Å²) in [7, 11) is 1.56. The number of hydrogen-bond acceptors (Lipinski definition) is 4. The summed E-state index contributed by atoms with van der Waals surface area (Å²) in [5, 5.41) is 8.20. The number of halogens is 2. The highest BCUT2D eigenvalue weighted by atomic mass is 79.9. The maximum Gasteiger partial charge on any atom is 0.368 e. The lowest BCUT2D eigenvalue weighted by Crippen LogP contribution is -2.23. The fourth-order valence-electron chi connectivity index (χ4n) is 2.43. The van der Waals surface area contributed by atoms with Gasteiger partial charge in [0.1, 0.15) is 12.4 Å². The Labute approximate surface area is 158 Å². The zero-order chi connectivity index (χ0) is 18.1. The van der Waals surface area contributed by atoms with Crippen LogP contribution in [0.5, 0.6) is 5.75 Å². The Morgan fingerprint density at radius 3 is 2.64 bits per heavy atom. The van der Waals surface area contributed by atoms with E-state index in [-0.39, 0.29) is 12.3 Å². The van der Waals surface area contributed by atoms with Gasteiger partial charge in [-0.1, -0.05) is 39.7 Å². The molecule has 0 saturated heterocycles. The van der Waals surface area contributed by atoms with Gasteiger partial charge in [-0.2, -0.15) is 9.36 Å². The van der Waals surface area contributed by atoms with E-state index in [0.29, 0.717) is 16.5 Å². The molecule has 0 aliphatic carbocycles. The van der Waals surface area contributed by atoms with Gasteiger partial charge in [-0.3, -0.25) is 0 Å². The number of rotatable bonds is 4. The Balaban J connectivity index is 1.97. The molecule has 0 atom stereocenters. The predicted octanol–water partition coefficient (Wildman–Crippen LogP) is 3.58. The minimum atomic E-state index is -0.315. The second kappa shape index (κ2) is 7.01. The van der Waals surface area contributed by atoms with Crippen LogP contribution in [0.25, 0.3) is 5.69 Å². The van der Waals surface area contributed by atoms with E-state index in [0.717, 1.165) is 21.2 Å². The molecule has 0 bridgehead atoms. The molecule has 6 nitrogen and oxygen atoms in total. The third-order valence-corrected chi connectivity index (χ3v) is 5.07.